The van der Waals surface area contributed by atoms with Crippen molar-refractivity contribution in [2.75, 3.05) is 7.11 Å². The van der Waals surface area contributed by atoms with Crippen LogP contribution in [0.2, 0.25) is 0 Å². The molecule has 5 heteroatoms. The molecule has 5 nitrogen and oxygen atoms in total. The number of aryl methyl sites for hydroxylation is 1. The van der Waals surface area contributed by atoms with Crippen LogP contribution < -0.4 is 0 Å². The quantitative estimate of drug-likeness (QED) is 0.659. The highest BCUT2D eigenvalue weighted by molar-refractivity contribution is 5.84. The molecule has 0 amide bonds. The molecule has 122 valence electrons. The minimum atomic E-state index is -0.745. The molecule has 0 bridgehead atoms. The summed E-state index contributed by atoms with van der Waals surface area (Å²) in [6, 6.07) is 8.51. The van der Waals surface area contributed by atoms with E-state index in [4.69, 9.17) is 15.1 Å². The largest absolute Gasteiger partial charge is 0.481 e. The van der Waals surface area contributed by atoms with Crippen LogP contribution in [-0.4, -0.2) is 29.1 Å². The Morgan fingerprint density at radius 1 is 1.27 bits per heavy atom. The molecular formula is C17H25NO4. The third-order valence-corrected chi connectivity index (χ3v) is 4.05. The van der Waals surface area contributed by atoms with Crippen LogP contribution in [0.15, 0.2) is 29.4 Å². The van der Waals surface area contributed by atoms with Crippen molar-refractivity contribution in [2.45, 2.75) is 51.6 Å². The maximum atomic E-state index is 9.37. The Morgan fingerprint density at radius 2 is 1.77 bits per heavy atom. The van der Waals surface area contributed by atoms with E-state index in [-0.39, 0.29) is 12.0 Å². The van der Waals surface area contributed by atoms with E-state index in [1.54, 1.807) is 14.0 Å². The van der Waals surface area contributed by atoms with Gasteiger partial charge in [-0.15, -0.1) is 0 Å². The first-order valence-electron chi connectivity index (χ1n) is 7.51. The van der Waals surface area contributed by atoms with Gasteiger partial charge >= 0.3 is 5.97 Å². The van der Waals surface area contributed by atoms with Crippen molar-refractivity contribution in [3.63, 3.8) is 0 Å². The minimum absolute atomic E-state index is 0.206. The lowest BCUT2D eigenvalue weighted by Crippen LogP contribution is -2.33. The Kier molecular flexibility index (Phi) is 7.05. The lowest BCUT2D eigenvalue weighted by molar-refractivity contribution is -0.136. The van der Waals surface area contributed by atoms with Crippen LogP contribution in [0.3, 0.4) is 0 Å². The first-order chi connectivity index (χ1) is 10.5. The van der Waals surface area contributed by atoms with Crippen molar-refractivity contribution < 1.29 is 19.8 Å². The molecule has 1 aromatic rings. The van der Waals surface area contributed by atoms with E-state index in [1.807, 2.05) is 0 Å². The number of rotatable bonds is 3. The molecule has 1 aliphatic rings. The van der Waals surface area contributed by atoms with Crippen molar-refractivity contribution in [2.24, 2.45) is 5.16 Å². The molecule has 0 aliphatic heterocycles. The van der Waals surface area contributed by atoms with Gasteiger partial charge in [-0.05, 0) is 38.2 Å². The summed E-state index contributed by atoms with van der Waals surface area (Å²) in [7, 11) is 1.76. The van der Waals surface area contributed by atoms with Gasteiger partial charge in [0.1, 0.15) is 0 Å². The summed E-state index contributed by atoms with van der Waals surface area (Å²) in [6.45, 7) is 3.68. The first-order valence-corrected chi connectivity index (χ1v) is 7.51. The van der Waals surface area contributed by atoms with Crippen LogP contribution in [0.4, 0.5) is 0 Å². The van der Waals surface area contributed by atoms with Crippen molar-refractivity contribution in [1.29, 1.82) is 0 Å². The summed E-state index contributed by atoms with van der Waals surface area (Å²) in [5.41, 5.74) is 3.16. The SMILES string of the molecule is CCC(=O)O.COC1(c2ccc(C)cc2)CCC(=NO)CC1. The van der Waals surface area contributed by atoms with E-state index in [0.717, 1.165) is 31.4 Å². The van der Waals surface area contributed by atoms with Crippen LogP contribution in [0.5, 0.6) is 0 Å². The summed E-state index contributed by atoms with van der Waals surface area (Å²) in [4.78, 5) is 9.37. The van der Waals surface area contributed by atoms with Gasteiger partial charge in [0.15, 0.2) is 0 Å². The second-order valence-corrected chi connectivity index (χ2v) is 5.48. The number of carbonyl (C=O) groups is 1. The molecule has 0 saturated heterocycles. The van der Waals surface area contributed by atoms with Gasteiger partial charge in [0.25, 0.3) is 0 Å². The molecule has 0 heterocycles. The number of oxime groups is 1. The number of methoxy groups -OCH3 is 1. The molecule has 0 spiro atoms. The van der Waals surface area contributed by atoms with Crippen LogP contribution >= 0.6 is 0 Å². The average molecular weight is 307 g/mol. The number of carboxylic acid groups (broad SMARTS) is 1. The first kappa shape index (κ1) is 18.2. The number of nitrogens with zero attached hydrogens (tertiary/aromatic N) is 1. The van der Waals surface area contributed by atoms with E-state index in [1.165, 1.54) is 11.1 Å². The molecule has 2 N–H and O–H groups in total. The molecule has 2 rings (SSSR count). The Labute approximate surface area is 131 Å². The summed E-state index contributed by atoms with van der Waals surface area (Å²) < 4.78 is 5.76. The second kappa shape index (κ2) is 8.54. The average Bonchev–Trinajstić information content (AvgIpc) is 2.56. The Bertz CT molecular complexity index is 498. The maximum Gasteiger partial charge on any atom is 0.303 e. The van der Waals surface area contributed by atoms with Gasteiger partial charge in [-0.2, -0.15) is 0 Å². The Balaban J connectivity index is 0.000000422. The van der Waals surface area contributed by atoms with Gasteiger partial charge < -0.3 is 15.1 Å². The van der Waals surface area contributed by atoms with Crippen LogP contribution in [0.25, 0.3) is 0 Å². The van der Waals surface area contributed by atoms with Gasteiger partial charge in [-0.3, -0.25) is 4.79 Å². The lowest BCUT2D eigenvalue weighted by atomic mass is 9.78. The van der Waals surface area contributed by atoms with Crippen LogP contribution in [-0.2, 0) is 15.1 Å². The third-order valence-electron chi connectivity index (χ3n) is 4.05. The fourth-order valence-electron chi connectivity index (χ4n) is 2.51. The van der Waals surface area contributed by atoms with E-state index < -0.39 is 5.97 Å². The van der Waals surface area contributed by atoms with Gasteiger partial charge in [-0.25, -0.2) is 0 Å². The molecule has 0 unspecified atom stereocenters. The second-order valence-electron chi connectivity index (χ2n) is 5.48. The summed E-state index contributed by atoms with van der Waals surface area (Å²) >= 11 is 0. The highest BCUT2D eigenvalue weighted by Crippen LogP contribution is 2.39. The minimum Gasteiger partial charge on any atom is -0.481 e. The fourth-order valence-corrected chi connectivity index (χ4v) is 2.51. The predicted molar refractivity (Wildman–Crippen MR) is 85.5 cm³/mol. The zero-order valence-electron chi connectivity index (χ0n) is 13.5. The lowest BCUT2D eigenvalue weighted by Gasteiger charge is -2.36. The van der Waals surface area contributed by atoms with Gasteiger partial charge in [0, 0.05) is 13.5 Å². The van der Waals surface area contributed by atoms with Gasteiger partial charge in [0.05, 0.1) is 11.3 Å². The number of benzene rings is 1. The third kappa shape index (κ3) is 4.84. The number of carboxylic acids is 1. The van der Waals surface area contributed by atoms with E-state index in [2.05, 4.69) is 36.3 Å². The van der Waals surface area contributed by atoms with Crippen molar-refractivity contribution in [1.82, 2.24) is 0 Å². The Morgan fingerprint density at radius 3 is 2.14 bits per heavy atom. The van der Waals surface area contributed by atoms with Crippen molar-refractivity contribution in [3.8, 4) is 0 Å². The van der Waals surface area contributed by atoms with E-state index in [9.17, 15) is 4.79 Å². The molecule has 0 aromatic heterocycles. The molecule has 0 radical (unpaired) electrons. The number of hydrogen-bond acceptors (Lipinski definition) is 4. The van der Waals surface area contributed by atoms with Crippen molar-refractivity contribution >= 4 is 11.7 Å². The molecular weight excluding hydrogens is 282 g/mol. The molecule has 1 fully saturated rings. The highest BCUT2D eigenvalue weighted by atomic mass is 16.5. The van der Waals surface area contributed by atoms with Gasteiger partial charge in [0.2, 0.25) is 0 Å². The number of ether oxygens (including phenoxy) is 1. The number of hydrogen-bond donors (Lipinski definition) is 2. The monoisotopic (exact) mass is 307 g/mol. The smallest absolute Gasteiger partial charge is 0.303 e. The molecule has 1 aromatic carbocycles. The van der Waals surface area contributed by atoms with Crippen LogP contribution in [0.1, 0.15) is 50.2 Å². The maximum absolute atomic E-state index is 9.37. The summed E-state index contributed by atoms with van der Waals surface area (Å²) in [5.74, 6) is -0.745. The number of aliphatic carboxylic acids is 1. The molecule has 1 aliphatic carbocycles. The van der Waals surface area contributed by atoms with E-state index in [0.29, 0.717) is 0 Å². The van der Waals surface area contributed by atoms with E-state index >= 15 is 0 Å². The molecule has 22 heavy (non-hydrogen) atoms. The predicted octanol–water partition coefficient (Wildman–Crippen LogP) is 3.72. The van der Waals surface area contributed by atoms with Crippen molar-refractivity contribution in [3.05, 3.63) is 35.4 Å². The zero-order valence-corrected chi connectivity index (χ0v) is 13.5. The fraction of sp³-hybridized carbons (Fsp3) is 0.529. The topological polar surface area (TPSA) is 79.1 Å². The normalized spacial score (nSPS) is 20.8. The molecule has 0 atom stereocenters. The summed E-state index contributed by atoms with van der Waals surface area (Å²) in [5, 5.41) is 19.8. The van der Waals surface area contributed by atoms with Crippen LogP contribution in [0, 0.1) is 6.92 Å². The standard InChI is InChI=1S/C14H19NO2.C3H6O2/c1-11-3-5-12(6-4-11)14(17-2)9-7-13(15-16)8-10-14;1-2-3(4)5/h3-6,16H,7-10H2,1-2H3;2H2,1H3,(H,4,5). The highest BCUT2D eigenvalue weighted by Gasteiger charge is 2.35. The summed E-state index contributed by atoms with van der Waals surface area (Å²) in [6.07, 6.45) is 3.59. The zero-order chi connectivity index (χ0) is 16.6. The van der Waals surface area contributed by atoms with Gasteiger partial charge in [-0.1, -0.05) is 41.9 Å². The Hall–Kier alpha value is -1.88. The molecule has 1 saturated carbocycles.